The number of nitrogens with zero attached hydrogens (tertiary/aromatic N) is 2. The van der Waals surface area contributed by atoms with E-state index in [9.17, 15) is 4.39 Å². The number of hydrogen-bond donors (Lipinski definition) is 0. The average molecular weight is 276 g/mol. The van der Waals surface area contributed by atoms with E-state index in [2.05, 4.69) is 30.3 Å². The first kappa shape index (κ1) is 13.6. The molecule has 2 aromatic rings. The molecule has 1 aromatic carbocycles. The maximum atomic E-state index is 13.8. The highest BCUT2D eigenvalue weighted by molar-refractivity contribution is 5.77. The van der Waals surface area contributed by atoms with Gasteiger partial charge >= 0.3 is 0 Å². The van der Waals surface area contributed by atoms with Crippen molar-refractivity contribution in [3.63, 3.8) is 0 Å². The van der Waals surface area contributed by atoms with E-state index in [0.29, 0.717) is 5.56 Å². The molecule has 20 heavy (non-hydrogen) atoms. The van der Waals surface area contributed by atoms with Gasteiger partial charge in [0, 0.05) is 18.1 Å². The predicted octanol–water partition coefficient (Wildman–Crippen LogP) is 3.57. The summed E-state index contributed by atoms with van der Waals surface area (Å²) in [4.78, 5) is 4.66. The summed E-state index contributed by atoms with van der Waals surface area (Å²) in [5.74, 6) is 0.801. The van der Waals surface area contributed by atoms with Crippen molar-refractivity contribution in [1.82, 2.24) is 9.55 Å². The Hall–Kier alpha value is -1.42. The molecule has 108 valence electrons. The number of ether oxygens (including phenoxy) is 1. The SMILES string of the molecule is Cc1cc2c(cc1F)nc(C(C)(C)C)n2C[C@@H]1CCO1. The second kappa shape index (κ2) is 4.55. The van der Waals surface area contributed by atoms with Gasteiger partial charge in [-0.3, -0.25) is 0 Å². The number of hydrogen-bond acceptors (Lipinski definition) is 2. The van der Waals surface area contributed by atoms with E-state index < -0.39 is 0 Å². The number of aryl methyl sites for hydroxylation is 1. The van der Waals surface area contributed by atoms with Crippen LogP contribution < -0.4 is 0 Å². The summed E-state index contributed by atoms with van der Waals surface area (Å²) in [7, 11) is 0. The molecule has 0 radical (unpaired) electrons. The van der Waals surface area contributed by atoms with Gasteiger partial charge in [-0.05, 0) is 25.0 Å². The summed E-state index contributed by atoms with van der Waals surface area (Å²) in [6, 6.07) is 3.43. The summed E-state index contributed by atoms with van der Waals surface area (Å²) in [5.41, 5.74) is 2.32. The van der Waals surface area contributed by atoms with E-state index in [0.717, 1.165) is 36.4 Å². The summed E-state index contributed by atoms with van der Waals surface area (Å²) < 4.78 is 21.5. The Morgan fingerprint density at radius 2 is 2.10 bits per heavy atom. The minimum absolute atomic E-state index is 0.0762. The van der Waals surface area contributed by atoms with Crippen molar-refractivity contribution < 1.29 is 9.13 Å². The zero-order valence-electron chi connectivity index (χ0n) is 12.5. The first-order chi connectivity index (χ1) is 9.36. The summed E-state index contributed by atoms with van der Waals surface area (Å²) >= 11 is 0. The predicted molar refractivity (Wildman–Crippen MR) is 77.5 cm³/mol. The fraction of sp³-hybridized carbons (Fsp3) is 0.562. The largest absolute Gasteiger partial charge is 0.376 e. The lowest BCUT2D eigenvalue weighted by atomic mass is 9.95. The molecule has 0 unspecified atom stereocenters. The van der Waals surface area contributed by atoms with E-state index >= 15 is 0 Å². The van der Waals surface area contributed by atoms with Crippen molar-refractivity contribution in [3.8, 4) is 0 Å². The summed E-state index contributed by atoms with van der Waals surface area (Å²) in [5, 5.41) is 0. The Morgan fingerprint density at radius 1 is 1.40 bits per heavy atom. The van der Waals surface area contributed by atoms with Gasteiger partial charge in [0.25, 0.3) is 0 Å². The molecule has 1 saturated heterocycles. The molecule has 0 spiro atoms. The Labute approximate surface area is 118 Å². The summed E-state index contributed by atoms with van der Waals surface area (Å²) in [6.07, 6.45) is 1.35. The summed E-state index contributed by atoms with van der Waals surface area (Å²) in [6.45, 7) is 9.84. The average Bonchev–Trinajstić information content (AvgIpc) is 2.62. The molecule has 1 aromatic heterocycles. The minimum atomic E-state index is -0.192. The topological polar surface area (TPSA) is 27.1 Å². The monoisotopic (exact) mass is 276 g/mol. The van der Waals surface area contributed by atoms with Crippen molar-refractivity contribution in [1.29, 1.82) is 0 Å². The quantitative estimate of drug-likeness (QED) is 0.838. The highest BCUT2D eigenvalue weighted by Gasteiger charge is 2.27. The van der Waals surface area contributed by atoms with Crippen LogP contribution in [0.5, 0.6) is 0 Å². The van der Waals surface area contributed by atoms with Crippen LogP contribution in [0.3, 0.4) is 0 Å². The number of halogens is 1. The molecule has 0 aliphatic carbocycles. The van der Waals surface area contributed by atoms with E-state index in [1.807, 2.05) is 6.07 Å². The van der Waals surface area contributed by atoms with Crippen LogP contribution in [0, 0.1) is 12.7 Å². The molecule has 0 saturated carbocycles. The molecule has 1 fully saturated rings. The van der Waals surface area contributed by atoms with Crippen LogP contribution in [0.15, 0.2) is 12.1 Å². The third kappa shape index (κ3) is 2.22. The van der Waals surface area contributed by atoms with Crippen molar-refractivity contribution in [2.45, 2.75) is 52.2 Å². The molecular weight excluding hydrogens is 255 g/mol. The molecule has 4 heteroatoms. The maximum Gasteiger partial charge on any atom is 0.128 e. The molecular formula is C16H21FN2O. The van der Waals surface area contributed by atoms with Crippen LogP contribution in [-0.4, -0.2) is 22.3 Å². The second-order valence-corrected chi connectivity index (χ2v) is 6.67. The first-order valence-corrected chi connectivity index (χ1v) is 7.15. The van der Waals surface area contributed by atoms with Crippen LogP contribution >= 0.6 is 0 Å². The fourth-order valence-electron chi connectivity index (χ4n) is 2.64. The van der Waals surface area contributed by atoms with Gasteiger partial charge in [0.2, 0.25) is 0 Å². The molecule has 2 heterocycles. The highest BCUT2D eigenvalue weighted by atomic mass is 19.1. The first-order valence-electron chi connectivity index (χ1n) is 7.15. The molecule has 1 aliphatic heterocycles. The van der Waals surface area contributed by atoms with Gasteiger partial charge in [-0.1, -0.05) is 20.8 Å². The highest BCUT2D eigenvalue weighted by Crippen LogP contribution is 2.29. The normalized spacial score (nSPS) is 19.4. The number of aromatic nitrogens is 2. The standard InChI is InChI=1S/C16H21FN2O/c1-10-7-14-13(8-12(10)17)18-15(16(2,3)4)19(14)9-11-5-6-20-11/h7-8,11H,5-6,9H2,1-4H3/t11-/m0/s1. The van der Waals surface area contributed by atoms with Gasteiger partial charge in [-0.25, -0.2) is 9.37 Å². The lowest BCUT2D eigenvalue weighted by molar-refractivity contribution is -0.0592. The number of rotatable bonds is 2. The lowest BCUT2D eigenvalue weighted by Crippen LogP contribution is -2.33. The fourth-order valence-corrected chi connectivity index (χ4v) is 2.64. The second-order valence-electron chi connectivity index (χ2n) is 6.67. The molecule has 3 rings (SSSR count). The smallest absolute Gasteiger partial charge is 0.128 e. The molecule has 0 N–H and O–H groups in total. The zero-order chi connectivity index (χ0) is 14.5. The van der Waals surface area contributed by atoms with Crippen molar-refractivity contribution in [3.05, 3.63) is 29.3 Å². The van der Waals surface area contributed by atoms with Crippen molar-refractivity contribution >= 4 is 11.0 Å². The van der Waals surface area contributed by atoms with Gasteiger partial charge in [0.15, 0.2) is 0 Å². The van der Waals surface area contributed by atoms with Gasteiger partial charge in [0.1, 0.15) is 11.6 Å². The molecule has 1 atom stereocenters. The van der Waals surface area contributed by atoms with Crippen molar-refractivity contribution in [2.24, 2.45) is 0 Å². The Balaban J connectivity index is 2.17. The van der Waals surface area contributed by atoms with E-state index in [-0.39, 0.29) is 17.3 Å². The van der Waals surface area contributed by atoms with Crippen LogP contribution in [0.2, 0.25) is 0 Å². The minimum Gasteiger partial charge on any atom is -0.376 e. The Morgan fingerprint density at radius 3 is 2.65 bits per heavy atom. The molecule has 1 aliphatic rings. The third-order valence-electron chi connectivity index (χ3n) is 3.88. The third-order valence-corrected chi connectivity index (χ3v) is 3.88. The molecule has 0 bridgehead atoms. The van der Waals surface area contributed by atoms with Gasteiger partial charge in [0.05, 0.1) is 23.7 Å². The molecule has 0 amide bonds. The zero-order valence-corrected chi connectivity index (χ0v) is 12.5. The van der Waals surface area contributed by atoms with Crippen LogP contribution in [0.4, 0.5) is 4.39 Å². The number of imidazole rings is 1. The van der Waals surface area contributed by atoms with E-state index in [1.54, 1.807) is 6.92 Å². The van der Waals surface area contributed by atoms with Crippen molar-refractivity contribution in [2.75, 3.05) is 6.61 Å². The van der Waals surface area contributed by atoms with Gasteiger partial charge < -0.3 is 9.30 Å². The van der Waals surface area contributed by atoms with E-state index in [1.165, 1.54) is 6.07 Å². The lowest BCUT2D eigenvalue weighted by Gasteiger charge is -2.29. The van der Waals surface area contributed by atoms with E-state index in [4.69, 9.17) is 4.74 Å². The maximum absolute atomic E-state index is 13.8. The Kier molecular flexibility index (Phi) is 3.09. The van der Waals surface area contributed by atoms with Crippen LogP contribution in [-0.2, 0) is 16.7 Å². The number of fused-ring (bicyclic) bond motifs is 1. The van der Waals surface area contributed by atoms with Gasteiger partial charge in [-0.2, -0.15) is 0 Å². The van der Waals surface area contributed by atoms with Crippen LogP contribution in [0.25, 0.3) is 11.0 Å². The molecule has 3 nitrogen and oxygen atoms in total. The Bertz CT molecular complexity index is 651. The van der Waals surface area contributed by atoms with Crippen LogP contribution in [0.1, 0.15) is 38.6 Å². The van der Waals surface area contributed by atoms with Gasteiger partial charge in [-0.15, -0.1) is 0 Å². The number of benzene rings is 1.